The minimum Gasteiger partial charge on any atom is -0.378 e. The first kappa shape index (κ1) is 12.5. The Morgan fingerprint density at radius 1 is 1.16 bits per heavy atom. The Morgan fingerprint density at radius 3 is 2.53 bits per heavy atom. The number of hydrogen-bond donors (Lipinski definition) is 1. The van der Waals surface area contributed by atoms with E-state index in [1.165, 1.54) is 5.56 Å². The molecular formula is C15H21N3O. The van der Waals surface area contributed by atoms with Crippen LogP contribution in [0.25, 0.3) is 0 Å². The van der Waals surface area contributed by atoms with E-state index in [0.29, 0.717) is 17.9 Å². The Balaban J connectivity index is 1.53. The summed E-state index contributed by atoms with van der Waals surface area (Å²) in [5, 5.41) is 0. The minimum absolute atomic E-state index is 0.396. The van der Waals surface area contributed by atoms with Crippen LogP contribution in [0.15, 0.2) is 35.3 Å². The van der Waals surface area contributed by atoms with Crippen LogP contribution in [0, 0.1) is 0 Å². The normalized spacial score (nSPS) is 28.0. The molecule has 19 heavy (non-hydrogen) atoms. The number of nitrogens with zero attached hydrogens (tertiary/aromatic N) is 2. The number of guanidine groups is 1. The highest BCUT2D eigenvalue weighted by Gasteiger charge is 2.30. The highest BCUT2D eigenvalue weighted by molar-refractivity contribution is 5.78. The van der Waals surface area contributed by atoms with Gasteiger partial charge in [-0.15, -0.1) is 0 Å². The number of nitrogens with two attached hydrogens (primary N) is 1. The molecule has 0 bridgehead atoms. The second kappa shape index (κ2) is 5.61. The van der Waals surface area contributed by atoms with Crippen molar-refractivity contribution >= 4 is 5.96 Å². The summed E-state index contributed by atoms with van der Waals surface area (Å²) < 4.78 is 5.32. The Kier molecular flexibility index (Phi) is 3.69. The van der Waals surface area contributed by atoms with E-state index in [1.54, 1.807) is 0 Å². The van der Waals surface area contributed by atoms with Gasteiger partial charge in [0, 0.05) is 13.1 Å². The van der Waals surface area contributed by atoms with Crippen LogP contribution in [-0.4, -0.2) is 43.2 Å². The zero-order valence-corrected chi connectivity index (χ0v) is 11.2. The van der Waals surface area contributed by atoms with Gasteiger partial charge in [0.15, 0.2) is 5.96 Å². The van der Waals surface area contributed by atoms with Gasteiger partial charge < -0.3 is 15.4 Å². The summed E-state index contributed by atoms with van der Waals surface area (Å²) in [6.07, 6.45) is 2.24. The summed E-state index contributed by atoms with van der Waals surface area (Å²) in [5.74, 6) is 1.35. The van der Waals surface area contributed by atoms with E-state index >= 15 is 0 Å². The molecule has 0 amide bonds. The molecule has 102 valence electrons. The molecule has 2 aliphatic rings. The molecule has 0 spiro atoms. The molecule has 2 fully saturated rings. The fraction of sp³-hybridized carbons (Fsp3) is 0.533. The van der Waals surface area contributed by atoms with E-state index in [1.807, 2.05) is 0 Å². The number of benzene rings is 1. The first-order valence-electron chi connectivity index (χ1n) is 7.04. The standard InChI is InChI=1S/C15H21N3O/c16-15(18-6-8-19-9-7-18)17-14-10-13(11-14)12-4-2-1-3-5-12/h1-5,13-14H,6-11H2,(H2,16,17). The van der Waals surface area contributed by atoms with Crippen LogP contribution in [0.4, 0.5) is 0 Å². The van der Waals surface area contributed by atoms with Gasteiger partial charge in [-0.05, 0) is 24.3 Å². The molecule has 3 rings (SSSR count). The molecule has 1 heterocycles. The molecule has 4 heteroatoms. The van der Waals surface area contributed by atoms with Gasteiger partial charge in [-0.1, -0.05) is 30.3 Å². The third-order valence-corrected chi connectivity index (χ3v) is 4.03. The predicted octanol–water partition coefficient (Wildman–Crippen LogP) is 1.58. The van der Waals surface area contributed by atoms with Gasteiger partial charge in [0.2, 0.25) is 0 Å². The zero-order chi connectivity index (χ0) is 13.1. The molecule has 0 aromatic heterocycles. The van der Waals surface area contributed by atoms with Gasteiger partial charge in [0.25, 0.3) is 0 Å². The first-order valence-corrected chi connectivity index (χ1v) is 7.04. The zero-order valence-electron chi connectivity index (χ0n) is 11.2. The van der Waals surface area contributed by atoms with Gasteiger partial charge >= 0.3 is 0 Å². The molecule has 2 N–H and O–H groups in total. The maximum atomic E-state index is 6.06. The largest absolute Gasteiger partial charge is 0.378 e. The molecule has 1 saturated carbocycles. The predicted molar refractivity (Wildman–Crippen MR) is 76.2 cm³/mol. The molecule has 0 unspecified atom stereocenters. The van der Waals surface area contributed by atoms with Crippen LogP contribution in [0.1, 0.15) is 24.3 Å². The third kappa shape index (κ3) is 2.89. The summed E-state index contributed by atoms with van der Waals surface area (Å²) in [6, 6.07) is 11.1. The number of morpholine rings is 1. The van der Waals surface area contributed by atoms with Crippen LogP contribution in [0.5, 0.6) is 0 Å². The van der Waals surface area contributed by atoms with Crippen molar-refractivity contribution in [3.8, 4) is 0 Å². The van der Waals surface area contributed by atoms with Crippen molar-refractivity contribution in [3.05, 3.63) is 35.9 Å². The van der Waals surface area contributed by atoms with Gasteiger partial charge in [-0.3, -0.25) is 0 Å². The lowest BCUT2D eigenvalue weighted by Gasteiger charge is -2.35. The highest BCUT2D eigenvalue weighted by Crippen LogP contribution is 2.38. The molecular weight excluding hydrogens is 238 g/mol. The quantitative estimate of drug-likeness (QED) is 0.648. The molecule has 0 radical (unpaired) electrons. The summed E-state index contributed by atoms with van der Waals surface area (Å²) in [4.78, 5) is 6.77. The van der Waals surface area contributed by atoms with Crippen LogP contribution in [-0.2, 0) is 4.74 Å². The van der Waals surface area contributed by atoms with Crippen molar-refractivity contribution in [2.75, 3.05) is 26.3 Å². The monoisotopic (exact) mass is 259 g/mol. The summed E-state index contributed by atoms with van der Waals surface area (Å²) in [5.41, 5.74) is 7.49. The maximum Gasteiger partial charge on any atom is 0.191 e. The molecule has 4 nitrogen and oxygen atoms in total. The Labute approximate surface area is 114 Å². The lowest BCUT2D eigenvalue weighted by Crippen LogP contribution is -2.46. The number of hydrogen-bond acceptors (Lipinski definition) is 2. The Hall–Kier alpha value is -1.55. The first-order chi connectivity index (χ1) is 9.33. The molecule has 1 aromatic rings. The van der Waals surface area contributed by atoms with Gasteiger partial charge in [-0.2, -0.15) is 0 Å². The van der Waals surface area contributed by atoms with Crippen molar-refractivity contribution in [3.63, 3.8) is 0 Å². The molecule has 1 aliphatic heterocycles. The summed E-state index contributed by atoms with van der Waals surface area (Å²) >= 11 is 0. The minimum atomic E-state index is 0.396. The van der Waals surface area contributed by atoms with E-state index in [2.05, 4.69) is 40.2 Å². The van der Waals surface area contributed by atoms with Gasteiger partial charge in [0.05, 0.1) is 19.3 Å². The summed E-state index contributed by atoms with van der Waals surface area (Å²) in [6.45, 7) is 3.25. The highest BCUT2D eigenvalue weighted by atomic mass is 16.5. The van der Waals surface area contributed by atoms with E-state index in [9.17, 15) is 0 Å². The van der Waals surface area contributed by atoms with Crippen LogP contribution in [0.2, 0.25) is 0 Å². The molecule has 0 atom stereocenters. The smallest absolute Gasteiger partial charge is 0.191 e. The van der Waals surface area contributed by atoms with Crippen LogP contribution in [0.3, 0.4) is 0 Å². The topological polar surface area (TPSA) is 50.8 Å². The van der Waals surface area contributed by atoms with Crippen molar-refractivity contribution in [1.29, 1.82) is 0 Å². The third-order valence-electron chi connectivity index (χ3n) is 4.03. The fourth-order valence-electron chi connectivity index (χ4n) is 2.75. The number of rotatable bonds is 2. The van der Waals surface area contributed by atoms with E-state index in [0.717, 1.165) is 39.1 Å². The molecule has 1 aromatic carbocycles. The Bertz CT molecular complexity index is 434. The SMILES string of the molecule is NC(=NC1CC(c2ccccc2)C1)N1CCOCC1. The van der Waals surface area contributed by atoms with E-state index in [-0.39, 0.29) is 0 Å². The van der Waals surface area contributed by atoms with Crippen molar-refractivity contribution in [2.45, 2.75) is 24.8 Å². The average molecular weight is 259 g/mol. The second-order valence-corrected chi connectivity index (χ2v) is 5.32. The van der Waals surface area contributed by atoms with E-state index in [4.69, 9.17) is 10.5 Å². The van der Waals surface area contributed by atoms with Crippen LogP contribution < -0.4 is 5.73 Å². The average Bonchev–Trinajstić information content (AvgIpc) is 2.44. The van der Waals surface area contributed by atoms with Crippen molar-refractivity contribution in [2.24, 2.45) is 10.7 Å². The second-order valence-electron chi connectivity index (χ2n) is 5.32. The van der Waals surface area contributed by atoms with Crippen LogP contribution >= 0.6 is 0 Å². The number of aliphatic imine (C=N–C) groups is 1. The molecule has 1 saturated heterocycles. The molecule has 1 aliphatic carbocycles. The fourth-order valence-corrected chi connectivity index (χ4v) is 2.75. The van der Waals surface area contributed by atoms with Gasteiger partial charge in [-0.25, -0.2) is 4.99 Å². The maximum absolute atomic E-state index is 6.06. The number of ether oxygens (including phenoxy) is 1. The lowest BCUT2D eigenvalue weighted by atomic mass is 9.76. The van der Waals surface area contributed by atoms with Crippen molar-refractivity contribution < 1.29 is 4.74 Å². The summed E-state index contributed by atoms with van der Waals surface area (Å²) in [7, 11) is 0. The Morgan fingerprint density at radius 2 is 1.84 bits per heavy atom. The van der Waals surface area contributed by atoms with E-state index < -0.39 is 0 Å². The van der Waals surface area contributed by atoms with Crippen molar-refractivity contribution in [1.82, 2.24) is 4.90 Å². The van der Waals surface area contributed by atoms with Gasteiger partial charge in [0.1, 0.15) is 0 Å². The lowest BCUT2D eigenvalue weighted by molar-refractivity contribution is 0.0671.